The zero-order valence-electron chi connectivity index (χ0n) is 10.4. The van der Waals surface area contributed by atoms with Crippen LogP contribution in [0.25, 0.3) is 0 Å². The van der Waals surface area contributed by atoms with Gasteiger partial charge in [-0.15, -0.1) is 0 Å². The van der Waals surface area contributed by atoms with E-state index in [1.165, 1.54) is 12.1 Å². The summed E-state index contributed by atoms with van der Waals surface area (Å²) in [7, 11) is 0. The number of nitrogens with one attached hydrogen (secondary N) is 1. The molecule has 0 aliphatic carbocycles. The Bertz CT molecular complexity index is 689. The van der Waals surface area contributed by atoms with Crippen molar-refractivity contribution in [1.29, 1.82) is 5.41 Å². The monoisotopic (exact) mass is 329 g/mol. The Morgan fingerprint density at radius 2 is 1.80 bits per heavy atom. The minimum Gasteiger partial charge on any atom is -0.437 e. The highest BCUT2D eigenvalue weighted by Gasteiger charge is 2.13. The number of hydrogen-bond acceptors (Lipinski definition) is 3. The molecular formula is C13H10Cl3N3O. The predicted molar refractivity (Wildman–Crippen MR) is 81.5 cm³/mol. The van der Waals surface area contributed by atoms with Crippen molar-refractivity contribution in [2.24, 2.45) is 5.73 Å². The minimum absolute atomic E-state index is 0.149. The fourth-order valence-electron chi connectivity index (χ4n) is 1.50. The zero-order valence-corrected chi connectivity index (χ0v) is 12.6. The Kier molecular flexibility index (Phi) is 4.38. The number of ether oxygens (including phenoxy) is 1. The summed E-state index contributed by atoms with van der Waals surface area (Å²) in [6.07, 6.45) is 0. The highest BCUT2D eigenvalue weighted by Crippen LogP contribution is 2.36. The van der Waals surface area contributed by atoms with Crippen LogP contribution in [0.1, 0.15) is 11.3 Å². The number of rotatable bonds is 3. The summed E-state index contributed by atoms with van der Waals surface area (Å²) in [4.78, 5) is 4.21. The first-order chi connectivity index (χ1) is 9.38. The molecule has 0 saturated carbocycles. The number of nitrogens with two attached hydrogens (primary N) is 1. The van der Waals surface area contributed by atoms with Crippen LogP contribution >= 0.6 is 34.8 Å². The van der Waals surface area contributed by atoms with Crippen LogP contribution in [0.5, 0.6) is 11.6 Å². The molecule has 0 radical (unpaired) electrons. The molecule has 0 fully saturated rings. The number of halogens is 3. The Morgan fingerprint density at radius 1 is 1.15 bits per heavy atom. The number of aromatic nitrogens is 1. The van der Waals surface area contributed by atoms with Crippen LogP contribution in [0, 0.1) is 12.3 Å². The molecule has 3 N–H and O–H groups in total. The highest BCUT2D eigenvalue weighted by molar-refractivity contribution is 6.43. The molecule has 0 aliphatic rings. The quantitative estimate of drug-likeness (QED) is 0.497. The highest BCUT2D eigenvalue weighted by atomic mass is 35.5. The Labute approximate surface area is 130 Å². The number of amidine groups is 1. The molecule has 0 spiro atoms. The van der Waals surface area contributed by atoms with Gasteiger partial charge >= 0.3 is 0 Å². The third-order valence-corrected chi connectivity index (χ3v) is 3.49. The SMILES string of the molecule is Cc1ccc(C(=N)N)c(Oc2cc(Cl)c(Cl)cc2Cl)n1. The van der Waals surface area contributed by atoms with Crippen molar-refractivity contribution in [3.8, 4) is 11.6 Å². The van der Waals surface area contributed by atoms with Gasteiger partial charge in [-0.25, -0.2) is 4.98 Å². The molecule has 2 rings (SSSR count). The van der Waals surface area contributed by atoms with Crippen molar-refractivity contribution < 1.29 is 4.74 Å². The van der Waals surface area contributed by atoms with Crippen molar-refractivity contribution in [2.75, 3.05) is 0 Å². The van der Waals surface area contributed by atoms with E-state index in [2.05, 4.69) is 4.98 Å². The molecule has 0 atom stereocenters. The average molecular weight is 331 g/mol. The van der Waals surface area contributed by atoms with E-state index in [0.717, 1.165) is 5.69 Å². The maximum Gasteiger partial charge on any atom is 0.230 e. The third kappa shape index (κ3) is 3.15. The fourth-order valence-corrected chi connectivity index (χ4v) is 2.08. The molecule has 1 aromatic carbocycles. The first kappa shape index (κ1) is 14.9. The molecule has 104 valence electrons. The summed E-state index contributed by atoms with van der Waals surface area (Å²) in [6, 6.07) is 6.36. The average Bonchev–Trinajstić information content (AvgIpc) is 2.35. The largest absolute Gasteiger partial charge is 0.437 e. The normalized spacial score (nSPS) is 10.4. The van der Waals surface area contributed by atoms with Gasteiger partial charge in [-0.1, -0.05) is 34.8 Å². The topological polar surface area (TPSA) is 72.0 Å². The molecule has 0 amide bonds. The third-order valence-electron chi connectivity index (χ3n) is 2.47. The van der Waals surface area contributed by atoms with Gasteiger partial charge in [0.05, 0.1) is 20.6 Å². The summed E-state index contributed by atoms with van der Waals surface area (Å²) in [5, 5.41) is 8.44. The molecule has 4 nitrogen and oxygen atoms in total. The molecule has 20 heavy (non-hydrogen) atoms. The van der Waals surface area contributed by atoms with E-state index in [-0.39, 0.29) is 16.7 Å². The lowest BCUT2D eigenvalue weighted by Gasteiger charge is -2.11. The van der Waals surface area contributed by atoms with Crippen molar-refractivity contribution in [1.82, 2.24) is 4.98 Å². The van der Waals surface area contributed by atoms with Crippen molar-refractivity contribution in [3.63, 3.8) is 0 Å². The van der Waals surface area contributed by atoms with Gasteiger partial charge < -0.3 is 10.5 Å². The van der Waals surface area contributed by atoms with E-state index in [1.807, 2.05) is 0 Å². The minimum atomic E-state index is -0.149. The van der Waals surface area contributed by atoms with Crippen LogP contribution in [0.2, 0.25) is 15.1 Å². The Hall–Kier alpha value is -1.49. The van der Waals surface area contributed by atoms with Gasteiger partial charge in [-0.3, -0.25) is 5.41 Å². The predicted octanol–water partition coefficient (Wildman–Crippen LogP) is 4.43. The van der Waals surface area contributed by atoms with Crippen LogP contribution in [0.3, 0.4) is 0 Å². The van der Waals surface area contributed by atoms with Crippen LogP contribution in [-0.4, -0.2) is 10.8 Å². The van der Waals surface area contributed by atoms with Crippen molar-refractivity contribution >= 4 is 40.6 Å². The van der Waals surface area contributed by atoms with Crippen LogP contribution < -0.4 is 10.5 Å². The first-order valence-corrected chi connectivity index (χ1v) is 6.66. The van der Waals surface area contributed by atoms with E-state index in [9.17, 15) is 0 Å². The van der Waals surface area contributed by atoms with Crippen LogP contribution in [0.4, 0.5) is 0 Å². The van der Waals surface area contributed by atoms with Crippen LogP contribution in [-0.2, 0) is 0 Å². The number of nitrogens with zero attached hydrogens (tertiary/aromatic N) is 1. The summed E-state index contributed by atoms with van der Waals surface area (Å²) in [5.74, 6) is 0.336. The van der Waals surface area contributed by atoms with E-state index >= 15 is 0 Å². The van der Waals surface area contributed by atoms with E-state index in [1.54, 1.807) is 19.1 Å². The van der Waals surface area contributed by atoms with Gasteiger partial charge in [0.15, 0.2) is 0 Å². The summed E-state index contributed by atoms with van der Waals surface area (Å²) >= 11 is 17.8. The van der Waals surface area contributed by atoms with Gasteiger partial charge in [0.2, 0.25) is 5.88 Å². The number of benzene rings is 1. The number of nitrogen functional groups attached to an aromatic ring is 1. The first-order valence-electron chi connectivity index (χ1n) is 5.53. The lowest BCUT2D eigenvalue weighted by molar-refractivity contribution is 0.461. The smallest absolute Gasteiger partial charge is 0.230 e. The summed E-state index contributed by atoms with van der Waals surface area (Å²) < 4.78 is 5.61. The second-order valence-corrected chi connectivity index (χ2v) is 5.24. The summed E-state index contributed by atoms with van der Waals surface area (Å²) in [5.41, 5.74) is 6.59. The molecule has 0 unspecified atom stereocenters. The van der Waals surface area contributed by atoms with Crippen molar-refractivity contribution in [2.45, 2.75) is 6.92 Å². The molecule has 0 aliphatic heterocycles. The van der Waals surface area contributed by atoms with E-state index in [4.69, 9.17) is 50.7 Å². The lowest BCUT2D eigenvalue weighted by atomic mass is 10.2. The van der Waals surface area contributed by atoms with Gasteiger partial charge in [0, 0.05) is 11.8 Å². The van der Waals surface area contributed by atoms with E-state index < -0.39 is 0 Å². The van der Waals surface area contributed by atoms with Gasteiger partial charge in [0.1, 0.15) is 11.6 Å². The number of aryl methyl sites for hydroxylation is 1. The van der Waals surface area contributed by atoms with Gasteiger partial charge in [0.25, 0.3) is 0 Å². The molecule has 0 saturated heterocycles. The fraction of sp³-hybridized carbons (Fsp3) is 0.0769. The Morgan fingerprint density at radius 3 is 2.45 bits per heavy atom. The number of pyridine rings is 1. The molecule has 1 heterocycles. The van der Waals surface area contributed by atoms with E-state index in [0.29, 0.717) is 21.4 Å². The summed E-state index contributed by atoms with van der Waals surface area (Å²) in [6.45, 7) is 1.80. The van der Waals surface area contributed by atoms with Gasteiger partial charge in [-0.2, -0.15) is 0 Å². The second-order valence-electron chi connectivity index (χ2n) is 4.02. The maximum absolute atomic E-state index is 7.52. The second kappa shape index (κ2) is 5.87. The molecular weight excluding hydrogens is 321 g/mol. The molecule has 7 heteroatoms. The van der Waals surface area contributed by atoms with Crippen LogP contribution in [0.15, 0.2) is 24.3 Å². The zero-order chi connectivity index (χ0) is 14.9. The van der Waals surface area contributed by atoms with Crippen molar-refractivity contribution in [3.05, 3.63) is 50.6 Å². The molecule has 2 aromatic rings. The maximum atomic E-state index is 7.52. The molecule has 1 aromatic heterocycles. The molecule has 0 bridgehead atoms. The standard InChI is InChI=1S/C13H10Cl3N3O/c1-6-2-3-7(12(17)18)13(19-6)20-11-5-9(15)8(14)4-10(11)16/h2-5H,1H3,(H3,17,18). The number of hydrogen-bond donors (Lipinski definition) is 2. The van der Waals surface area contributed by atoms with Gasteiger partial charge in [-0.05, 0) is 25.1 Å². The Balaban J connectivity index is 2.47. The lowest BCUT2D eigenvalue weighted by Crippen LogP contribution is -2.13.